The van der Waals surface area contributed by atoms with Crippen LogP contribution in [0.4, 0.5) is 10.1 Å². The molecule has 0 spiro atoms. The number of hydrogen-bond acceptors (Lipinski definition) is 4. The standard InChI is InChI=1S/C13H6ClFN2O3S/c14-8-2-1-6(3-9(8)15)11-4-7-12(21-11)10(17(19)20)5-16-13(7)18/h1-5H,(H,16,18). The van der Waals surface area contributed by atoms with Crippen molar-refractivity contribution >= 4 is 38.7 Å². The maximum atomic E-state index is 13.5. The highest BCUT2D eigenvalue weighted by Gasteiger charge is 2.18. The number of benzene rings is 1. The lowest BCUT2D eigenvalue weighted by atomic mass is 10.1. The van der Waals surface area contributed by atoms with Gasteiger partial charge in [0.25, 0.3) is 5.56 Å². The van der Waals surface area contributed by atoms with E-state index in [2.05, 4.69) is 4.98 Å². The fourth-order valence-electron chi connectivity index (χ4n) is 1.95. The fourth-order valence-corrected chi connectivity index (χ4v) is 3.21. The third kappa shape index (κ3) is 2.30. The van der Waals surface area contributed by atoms with Gasteiger partial charge in [0, 0.05) is 4.88 Å². The van der Waals surface area contributed by atoms with Gasteiger partial charge in [-0.1, -0.05) is 17.7 Å². The van der Waals surface area contributed by atoms with Gasteiger partial charge in [-0.3, -0.25) is 14.9 Å². The summed E-state index contributed by atoms with van der Waals surface area (Å²) in [5, 5.41) is 11.2. The second-order valence-corrected chi connectivity index (χ2v) is 5.70. The normalized spacial score (nSPS) is 11.0. The summed E-state index contributed by atoms with van der Waals surface area (Å²) >= 11 is 6.69. The average molecular weight is 325 g/mol. The van der Waals surface area contributed by atoms with Crippen LogP contribution in [0.2, 0.25) is 5.02 Å². The van der Waals surface area contributed by atoms with Gasteiger partial charge < -0.3 is 4.98 Å². The zero-order valence-electron chi connectivity index (χ0n) is 10.2. The minimum atomic E-state index is -0.588. The van der Waals surface area contributed by atoms with Crippen molar-refractivity contribution in [2.24, 2.45) is 0 Å². The van der Waals surface area contributed by atoms with Gasteiger partial charge in [0.15, 0.2) is 0 Å². The van der Waals surface area contributed by atoms with E-state index in [0.717, 1.165) is 17.5 Å². The summed E-state index contributed by atoms with van der Waals surface area (Å²) < 4.78 is 13.8. The highest BCUT2D eigenvalue weighted by Crippen LogP contribution is 2.37. The van der Waals surface area contributed by atoms with Crippen molar-refractivity contribution in [3.05, 3.63) is 61.8 Å². The minimum Gasteiger partial charge on any atom is -0.322 e. The number of fused-ring (bicyclic) bond motifs is 1. The van der Waals surface area contributed by atoms with Gasteiger partial charge in [0.1, 0.15) is 10.5 Å². The molecule has 3 aromatic rings. The molecule has 1 N–H and O–H groups in total. The molecule has 0 aliphatic rings. The minimum absolute atomic E-state index is 0.0105. The van der Waals surface area contributed by atoms with E-state index in [1.54, 1.807) is 6.07 Å². The molecular formula is C13H6ClFN2O3S. The molecule has 0 fully saturated rings. The SMILES string of the molecule is O=c1[nH]cc([N+](=O)[O-])c2sc(-c3ccc(Cl)c(F)c3)cc12. The number of nitro groups is 1. The number of rotatable bonds is 2. The lowest BCUT2D eigenvalue weighted by Gasteiger charge is -1.98. The van der Waals surface area contributed by atoms with E-state index in [1.165, 1.54) is 18.2 Å². The van der Waals surface area contributed by atoms with E-state index in [4.69, 9.17) is 11.6 Å². The highest BCUT2D eigenvalue weighted by molar-refractivity contribution is 7.22. The van der Waals surface area contributed by atoms with Crippen LogP contribution in [0, 0.1) is 15.9 Å². The van der Waals surface area contributed by atoms with Crippen molar-refractivity contribution in [1.82, 2.24) is 4.98 Å². The summed E-state index contributed by atoms with van der Waals surface area (Å²) in [6.07, 6.45) is 1.06. The lowest BCUT2D eigenvalue weighted by molar-refractivity contribution is -0.383. The molecule has 3 rings (SSSR count). The molecule has 8 heteroatoms. The molecule has 5 nitrogen and oxygen atoms in total. The molecule has 0 atom stereocenters. The molecular weight excluding hydrogens is 319 g/mol. The largest absolute Gasteiger partial charge is 0.322 e. The molecule has 21 heavy (non-hydrogen) atoms. The second kappa shape index (κ2) is 4.94. The van der Waals surface area contributed by atoms with Gasteiger partial charge >= 0.3 is 5.69 Å². The van der Waals surface area contributed by atoms with Crippen LogP contribution in [0.5, 0.6) is 0 Å². The van der Waals surface area contributed by atoms with Crippen LogP contribution in [0.25, 0.3) is 20.5 Å². The average Bonchev–Trinajstić information content (AvgIpc) is 2.87. The van der Waals surface area contributed by atoms with Crippen molar-refractivity contribution in [2.75, 3.05) is 0 Å². The predicted molar refractivity (Wildman–Crippen MR) is 79.5 cm³/mol. The smallest absolute Gasteiger partial charge is 0.303 e. The Labute approximate surface area is 125 Å². The van der Waals surface area contributed by atoms with Gasteiger partial charge in [-0.15, -0.1) is 11.3 Å². The third-order valence-electron chi connectivity index (χ3n) is 2.95. The van der Waals surface area contributed by atoms with E-state index in [9.17, 15) is 19.3 Å². The lowest BCUT2D eigenvalue weighted by Crippen LogP contribution is -2.05. The Morgan fingerprint density at radius 2 is 2.10 bits per heavy atom. The Morgan fingerprint density at radius 1 is 1.33 bits per heavy atom. The van der Waals surface area contributed by atoms with Crippen molar-refractivity contribution in [3.8, 4) is 10.4 Å². The molecule has 0 aliphatic heterocycles. The van der Waals surface area contributed by atoms with Crippen LogP contribution in [0.15, 0.2) is 35.3 Å². The number of hydrogen-bond donors (Lipinski definition) is 1. The van der Waals surface area contributed by atoms with E-state index in [1.807, 2.05) is 0 Å². The second-order valence-electron chi connectivity index (χ2n) is 4.24. The van der Waals surface area contributed by atoms with E-state index in [-0.39, 0.29) is 20.8 Å². The first-order valence-corrected chi connectivity index (χ1v) is 6.92. The fraction of sp³-hybridized carbons (Fsp3) is 0. The quantitative estimate of drug-likeness (QED) is 0.572. The van der Waals surface area contributed by atoms with Crippen LogP contribution < -0.4 is 5.56 Å². The Bertz CT molecular complexity index is 935. The molecule has 0 bridgehead atoms. The number of nitrogens with zero attached hydrogens (tertiary/aromatic N) is 1. The predicted octanol–water partition coefficient (Wildman–Crippen LogP) is 3.96. The number of aromatic amines is 1. The van der Waals surface area contributed by atoms with Crippen LogP contribution in [-0.4, -0.2) is 9.91 Å². The Hall–Kier alpha value is -2.25. The summed E-state index contributed by atoms with van der Waals surface area (Å²) in [7, 11) is 0. The number of H-pyrrole nitrogens is 1. The number of nitrogens with one attached hydrogen (secondary N) is 1. The third-order valence-corrected chi connectivity index (χ3v) is 4.46. The van der Waals surface area contributed by atoms with Crippen molar-refractivity contribution in [3.63, 3.8) is 0 Å². The molecule has 2 aromatic heterocycles. The zero-order valence-corrected chi connectivity index (χ0v) is 11.8. The summed E-state index contributed by atoms with van der Waals surface area (Å²) in [5.41, 5.74) is -0.102. The number of halogens is 2. The van der Waals surface area contributed by atoms with Crippen LogP contribution in [0.3, 0.4) is 0 Å². The molecule has 0 unspecified atom stereocenters. The van der Waals surface area contributed by atoms with Crippen LogP contribution in [0.1, 0.15) is 0 Å². The number of thiophene rings is 1. The van der Waals surface area contributed by atoms with Crippen molar-refractivity contribution in [1.29, 1.82) is 0 Å². The molecule has 0 saturated carbocycles. The molecule has 0 aliphatic carbocycles. The molecule has 106 valence electrons. The van der Waals surface area contributed by atoms with Crippen molar-refractivity contribution < 1.29 is 9.31 Å². The summed E-state index contributed by atoms with van der Waals surface area (Å²) in [6, 6.07) is 5.73. The van der Waals surface area contributed by atoms with E-state index < -0.39 is 16.3 Å². The summed E-state index contributed by atoms with van der Waals surface area (Å²) in [4.78, 5) is 25.0. The van der Waals surface area contributed by atoms with E-state index >= 15 is 0 Å². The van der Waals surface area contributed by atoms with Gasteiger partial charge in [0.2, 0.25) is 0 Å². The first kappa shape index (κ1) is 13.7. The molecule has 1 aromatic carbocycles. The summed E-state index contributed by atoms with van der Waals surface area (Å²) in [6.45, 7) is 0. The first-order valence-electron chi connectivity index (χ1n) is 5.72. The Balaban J connectivity index is 2.28. The topological polar surface area (TPSA) is 76.0 Å². The molecule has 0 saturated heterocycles. The zero-order chi connectivity index (χ0) is 15.1. The maximum absolute atomic E-state index is 13.5. The summed E-state index contributed by atoms with van der Waals surface area (Å²) in [5.74, 6) is -0.588. The van der Waals surface area contributed by atoms with Gasteiger partial charge in [0.05, 0.1) is 21.5 Å². The maximum Gasteiger partial charge on any atom is 0.303 e. The molecule has 0 radical (unpaired) electrons. The van der Waals surface area contributed by atoms with Gasteiger partial charge in [-0.05, 0) is 23.8 Å². The van der Waals surface area contributed by atoms with E-state index in [0.29, 0.717) is 10.4 Å². The van der Waals surface area contributed by atoms with Gasteiger partial charge in [-0.25, -0.2) is 4.39 Å². The first-order chi connectivity index (χ1) is 9.97. The molecule has 2 heterocycles. The number of aromatic nitrogens is 1. The Kier molecular flexibility index (Phi) is 3.23. The molecule has 0 amide bonds. The highest BCUT2D eigenvalue weighted by atomic mass is 35.5. The van der Waals surface area contributed by atoms with Crippen LogP contribution >= 0.6 is 22.9 Å². The Morgan fingerprint density at radius 3 is 2.76 bits per heavy atom. The van der Waals surface area contributed by atoms with Gasteiger partial charge in [-0.2, -0.15) is 0 Å². The van der Waals surface area contributed by atoms with Crippen molar-refractivity contribution in [2.45, 2.75) is 0 Å². The monoisotopic (exact) mass is 324 g/mol. The van der Waals surface area contributed by atoms with Crippen LogP contribution in [-0.2, 0) is 0 Å². The number of pyridine rings is 1.